The quantitative estimate of drug-likeness (QED) is 0.761. The lowest BCUT2D eigenvalue weighted by Crippen LogP contribution is -2.31. The van der Waals surface area contributed by atoms with Gasteiger partial charge in [0.1, 0.15) is 0 Å². The molecule has 0 unspecified atom stereocenters. The van der Waals surface area contributed by atoms with Crippen molar-refractivity contribution < 1.29 is 14.7 Å². The Morgan fingerprint density at radius 3 is 2.40 bits per heavy atom. The van der Waals surface area contributed by atoms with E-state index in [1.807, 2.05) is 30.3 Å². The smallest absolute Gasteiger partial charge is 0.304 e. The molecule has 0 atom stereocenters. The Morgan fingerprint density at radius 2 is 1.80 bits per heavy atom. The maximum Gasteiger partial charge on any atom is 0.304 e. The molecule has 108 valence electrons. The van der Waals surface area contributed by atoms with Crippen LogP contribution in [0, 0.1) is 0 Å². The van der Waals surface area contributed by atoms with E-state index >= 15 is 0 Å². The summed E-state index contributed by atoms with van der Waals surface area (Å²) in [7, 11) is 0. The van der Waals surface area contributed by atoms with Gasteiger partial charge in [-0.15, -0.1) is 0 Å². The molecule has 0 spiro atoms. The van der Waals surface area contributed by atoms with E-state index < -0.39 is 5.97 Å². The van der Waals surface area contributed by atoms with Crippen LogP contribution in [0.5, 0.6) is 0 Å². The first kappa shape index (κ1) is 14.5. The van der Waals surface area contributed by atoms with Gasteiger partial charge in [0, 0.05) is 31.2 Å². The van der Waals surface area contributed by atoms with Gasteiger partial charge in [-0.2, -0.15) is 0 Å². The number of carboxylic acids is 1. The minimum atomic E-state index is -0.788. The van der Waals surface area contributed by atoms with Gasteiger partial charge < -0.3 is 10.4 Å². The molecule has 5 heteroatoms. The molecule has 0 bridgehead atoms. The molecule has 1 aliphatic carbocycles. The van der Waals surface area contributed by atoms with Crippen molar-refractivity contribution in [3.63, 3.8) is 0 Å². The highest BCUT2D eigenvalue weighted by molar-refractivity contribution is 5.90. The van der Waals surface area contributed by atoms with Crippen molar-refractivity contribution in [2.24, 2.45) is 0 Å². The second kappa shape index (κ2) is 7.05. The number of nitrogens with zero attached hydrogens (tertiary/aromatic N) is 1. The standard InChI is InChI=1S/C15H20N2O3/c18-14(16-12-4-2-1-3-5-12)8-10-17(13-6-7-13)11-9-15(19)20/h1-5,13H,6-11H2,(H,16,18)(H,19,20). The summed E-state index contributed by atoms with van der Waals surface area (Å²) in [5.41, 5.74) is 0.793. The molecule has 0 saturated heterocycles. The fourth-order valence-corrected chi connectivity index (χ4v) is 2.15. The number of benzene rings is 1. The molecule has 20 heavy (non-hydrogen) atoms. The van der Waals surface area contributed by atoms with Gasteiger partial charge in [0.25, 0.3) is 0 Å². The fraction of sp³-hybridized carbons (Fsp3) is 0.467. The van der Waals surface area contributed by atoms with Crippen LogP contribution >= 0.6 is 0 Å². The zero-order valence-electron chi connectivity index (χ0n) is 11.4. The van der Waals surface area contributed by atoms with Crippen LogP contribution in [0.1, 0.15) is 25.7 Å². The predicted octanol–water partition coefficient (Wildman–Crippen LogP) is 1.95. The molecular weight excluding hydrogens is 256 g/mol. The summed E-state index contributed by atoms with van der Waals surface area (Å²) in [6.45, 7) is 1.15. The highest BCUT2D eigenvalue weighted by Crippen LogP contribution is 2.27. The number of hydrogen-bond acceptors (Lipinski definition) is 3. The van der Waals surface area contributed by atoms with Crippen LogP contribution in [-0.4, -0.2) is 41.0 Å². The third-order valence-corrected chi connectivity index (χ3v) is 3.36. The molecular formula is C15H20N2O3. The van der Waals surface area contributed by atoms with Crippen molar-refractivity contribution in [2.45, 2.75) is 31.7 Å². The Hall–Kier alpha value is -1.88. The summed E-state index contributed by atoms with van der Waals surface area (Å²) < 4.78 is 0. The number of nitrogens with one attached hydrogen (secondary N) is 1. The molecule has 5 nitrogen and oxygen atoms in total. The van der Waals surface area contributed by atoms with Crippen molar-refractivity contribution in [3.8, 4) is 0 Å². The number of amides is 1. The topological polar surface area (TPSA) is 69.6 Å². The maximum atomic E-state index is 11.8. The minimum Gasteiger partial charge on any atom is -0.481 e. The van der Waals surface area contributed by atoms with E-state index in [0.29, 0.717) is 25.6 Å². The molecule has 1 amide bonds. The lowest BCUT2D eigenvalue weighted by Gasteiger charge is -2.20. The van der Waals surface area contributed by atoms with Gasteiger partial charge in [0.2, 0.25) is 5.91 Å². The second-order valence-corrected chi connectivity index (χ2v) is 5.08. The summed E-state index contributed by atoms with van der Waals surface area (Å²) >= 11 is 0. The average Bonchev–Trinajstić information content (AvgIpc) is 3.24. The molecule has 1 fully saturated rings. The number of para-hydroxylation sites is 1. The lowest BCUT2D eigenvalue weighted by molar-refractivity contribution is -0.137. The highest BCUT2D eigenvalue weighted by Gasteiger charge is 2.29. The Balaban J connectivity index is 1.74. The van der Waals surface area contributed by atoms with Gasteiger partial charge in [0.05, 0.1) is 6.42 Å². The Kier molecular flexibility index (Phi) is 5.12. The van der Waals surface area contributed by atoms with E-state index in [0.717, 1.165) is 18.5 Å². The third kappa shape index (κ3) is 5.01. The number of hydrogen-bond donors (Lipinski definition) is 2. The van der Waals surface area contributed by atoms with Crippen molar-refractivity contribution in [1.82, 2.24) is 4.90 Å². The van der Waals surface area contributed by atoms with Crippen molar-refractivity contribution in [1.29, 1.82) is 0 Å². The van der Waals surface area contributed by atoms with Crippen LogP contribution in [0.25, 0.3) is 0 Å². The van der Waals surface area contributed by atoms with Gasteiger partial charge in [-0.05, 0) is 25.0 Å². The van der Waals surface area contributed by atoms with E-state index in [2.05, 4.69) is 10.2 Å². The average molecular weight is 276 g/mol. The van der Waals surface area contributed by atoms with E-state index in [4.69, 9.17) is 5.11 Å². The number of carbonyl (C=O) groups excluding carboxylic acids is 1. The molecule has 0 aromatic heterocycles. The minimum absolute atomic E-state index is 0.0304. The lowest BCUT2D eigenvalue weighted by atomic mass is 10.3. The van der Waals surface area contributed by atoms with Crippen LogP contribution in [0.4, 0.5) is 5.69 Å². The van der Waals surface area contributed by atoms with Crippen LogP contribution < -0.4 is 5.32 Å². The molecule has 0 aliphatic heterocycles. The molecule has 1 aromatic carbocycles. The normalized spacial score (nSPS) is 14.2. The van der Waals surface area contributed by atoms with E-state index in [-0.39, 0.29) is 12.3 Å². The summed E-state index contributed by atoms with van der Waals surface area (Å²) in [6, 6.07) is 9.81. The summed E-state index contributed by atoms with van der Waals surface area (Å²) in [6.07, 6.45) is 2.75. The van der Waals surface area contributed by atoms with Gasteiger partial charge in [-0.25, -0.2) is 0 Å². The molecule has 1 aliphatic rings. The van der Waals surface area contributed by atoms with Crippen molar-refractivity contribution >= 4 is 17.6 Å². The Morgan fingerprint density at radius 1 is 1.15 bits per heavy atom. The van der Waals surface area contributed by atoms with Gasteiger partial charge in [-0.1, -0.05) is 18.2 Å². The van der Waals surface area contributed by atoms with Crippen LogP contribution in [0.2, 0.25) is 0 Å². The number of rotatable bonds is 8. The van der Waals surface area contributed by atoms with Gasteiger partial charge >= 0.3 is 5.97 Å². The summed E-state index contributed by atoms with van der Waals surface area (Å²) in [5.74, 6) is -0.818. The monoisotopic (exact) mass is 276 g/mol. The van der Waals surface area contributed by atoms with E-state index in [9.17, 15) is 9.59 Å². The van der Waals surface area contributed by atoms with Crippen LogP contribution in [0.3, 0.4) is 0 Å². The predicted molar refractivity (Wildman–Crippen MR) is 76.5 cm³/mol. The van der Waals surface area contributed by atoms with E-state index in [1.54, 1.807) is 0 Å². The highest BCUT2D eigenvalue weighted by atomic mass is 16.4. The molecule has 2 N–H and O–H groups in total. The number of aliphatic carboxylic acids is 1. The maximum absolute atomic E-state index is 11.8. The molecule has 0 heterocycles. The number of carbonyl (C=O) groups is 2. The number of anilines is 1. The Bertz CT molecular complexity index is 457. The summed E-state index contributed by atoms with van der Waals surface area (Å²) in [5, 5.41) is 11.6. The van der Waals surface area contributed by atoms with Gasteiger partial charge in [0.15, 0.2) is 0 Å². The molecule has 1 saturated carbocycles. The molecule has 2 rings (SSSR count). The first-order chi connectivity index (χ1) is 9.65. The second-order valence-electron chi connectivity index (χ2n) is 5.08. The van der Waals surface area contributed by atoms with Crippen molar-refractivity contribution in [3.05, 3.63) is 30.3 Å². The third-order valence-electron chi connectivity index (χ3n) is 3.36. The summed E-state index contributed by atoms with van der Waals surface area (Å²) in [4.78, 5) is 24.6. The SMILES string of the molecule is O=C(O)CCN(CCC(=O)Nc1ccccc1)C1CC1. The van der Waals surface area contributed by atoms with Gasteiger partial charge in [-0.3, -0.25) is 14.5 Å². The fourth-order valence-electron chi connectivity index (χ4n) is 2.15. The molecule has 1 aromatic rings. The zero-order valence-corrected chi connectivity index (χ0v) is 11.4. The van der Waals surface area contributed by atoms with Crippen molar-refractivity contribution in [2.75, 3.05) is 18.4 Å². The first-order valence-corrected chi connectivity index (χ1v) is 6.96. The Labute approximate surface area is 118 Å². The zero-order chi connectivity index (χ0) is 14.4. The van der Waals surface area contributed by atoms with E-state index in [1.165, 1.54) is 0 Å². The van der Waals surface area contributed by atoms with Crippen LogP contribution in [0.15, 0.2) is 30.3 Å². The largest absolute Gasteiger partial charge is 0.481 e. The number of carboxylic acid groups (broad SMARTS) is 1. The first-order valence-electron chi connectivity index (χ1n) is 6.96. The van der Waals surface area contributed by atoms with Crippen LogP contribution in [-0.2, 0) is 9.59 Å². The molecule has 0 radical (unpaired) electrons.